The SMILES string of the molecule is Nc1ccc(Cl)c(C(=O)OCc2cccc(O)c2)c1. The number of ether oxygens (including phenoxy) is 1. The summed E-state index contributed by atoms with van der Waals surface area (Å²) in [7, 11) is 0. The maximum absolute atomic E-state index is 11.9. The molecule has 5 heteroatoms. The van der Waals surface area contributed by atoms with Crippen LogP contribution in [-0.2, 0) is 11.3 Å². The third kappa shape index (κ3) is 3.39. The molecule has 2 aromatic rings. The van der Waals surface area contributed by atoms with E-state index >= 15 is 0 Å². The number of rotatable bonds is 3. The van der Waals surface area contributed by atoms with Crippen LogP contribution in [0.15, 0.2) is 42.5 Å². The lowest BCUT2D eigenvalue weighted by Gasteiger charge is -2.07. The monoisotopic (exact) mass is 277 g/mol. The second-order valence-electron chi connectivity index (χ2n) is 3.99. The zero-order valence-corrected chi connectivity index (χ0v) is 10.7. The van der Waals surface area contributed by atoms with Gasteiger partial charge < -0.3 is 15.6 Å². The minimum Gasteiger partial charge on any atom is -0.508 e. The molecule has 2 rings (SSSR count). The third-order valence-corrected chi connectivity index (χ3v) is 2.82. The molecule has 0 amide bonds. The first-order chi connectivity index (χ1) is 9.06. The van der Waals surface area contributed by atoms with E-state index in [1.165, 1.54) is 12.1 Å². The highest BCUT2D eigenvalue weighted by atomic mass is 35.5. The average Bonchev–Trinajstić information content (AvgIpc) is 2.39. The molecule has 0 atom stereocenters. The van der Waals surface area contributed by atoms with Gasteiger partial charge in [0.2, 0.25) is 0 Å². The van der Waals surface area contributed by atoms with Crippen molar-refractivity contribution >= 4 is 23.3 Å². The van der Waals surface area contributed by atoms with Gasteiger partial charge in [-0.25, -0.2) is 4.79 Å². The number of benzene rings is 2. The van der Waals surface area contributed by atoms with E-state index in [9.17, 15) is 9.90 Å². The number of carbonyl (C=O) groups excluding carboxylic acids is 1. The molecule has 0 bridgehead atoms. The van der Waals surface area contributed by atoms with Gasteiger partial charge in [0.05, 0.1) is 10.6 Å². The van der Waals surface area contributed by atoms with E-state index in [0.29, 0.717) is 11.3 Å². The summed E-state index contributed by atoms with van der Waals surface area (Å²) in [5.74, 6) is -0.434. The molecule has 0 aliphatic heterocycles. The number of phenols is 1. The molecule has 0 heterocycles. The highest BCUT2D eigenvalue weighted by molar-refractivity contribution is 6.33. The molecule has 0 spiro atoms. The highest BCUT2D eigenvalue weighted by Crippen LogP contribution is 2.20. The van der Waals surface area contributed by atoms with Crippen molar-refractivity contribution in [2.75, 3.05) is 5.73 Å². The molecule has 19 heavy (non-hydrogen) atoms. The first kappa shape index (κ1) is 13.2. The van der Waals surface area contributed by atoms with Gasteiger partial charge in [-0.15, -0.1) is 0 Å². The molecule has 0 fully saturated rings. The molecule has 0 saturated heterocycles. The molecule has 0 aliphatic rings. The molecular weight excluding hydrogens is 266 g/mol. The van der Waals surface area contributed by atoms with Crippen LogP contribution in [0.2, 0.25) is 5.02 Å². The van der Waals surface area contributed by atoms with Crippen molar-refractivity contribution < 1.29 is 14.6 Å². The van der Waals surface area contributed by atoms with Crippen LogP contribution in [0, 0.1) is 0 Å². The lowest BCUT2D eigenvalue weighted by Crippen LogP contribution is -2.06. The minimum atomic E-state index is -0.555. The predicted octanol–water partition coefficient (Wildman–Crippen LogP) is 2.98. The van der Waals surface area contributed by atoms with E-state index in [1.54, 1.807) is 30.3 Å². The Kier molecular flexibility index (Phi) is 3.92. The molecule has 3 N–H and O–H groups in total. The van der Waals surface area contributed by atoms with Crippen molar-refractivity contribution in [1.29, 1.82) is 0 Å². The van der Waals surface area contributed by atoms with Crippen molar-refractivity contribution in [1.82, 2.24) is 0 Å². The number of nitrogen functional groups attached to an aromatic ring is 1. The highest BCUT2D eigenvalue weighted by Gasteiger charge is 2.12. The topological polar surface area (TPSA) is 72.6 Å². The van der Waals surface area contributed by atoms with Crippen LogP contribution < -0.4 is 5.73 Å². The number of hydrogen-bond donors (Lipinski definition) is 2. The Bertz CT molecular complexity index is 613. The van der Waals surface area contributed by atoms with Crippen molar-refractivity contribution in [3.8, 4) is 5.75 Å². The van der Waals surface area contributed by atoms with E-state index < -0.39 is 5.97 Å². The lowest BCUT2D eigenvalue weighted by molar-refractivity contribution is 0.0472. The fraction of sp³-hybridized carbons (Fsp3) is 0.0714. The first-order valence-electron chi connectivity index (χ1n) is 5.56. The second kappa shape index (κ2) is 5.63. The van der Waals surface area contributed by atoms with Crippen molar-refractivity contribution in [3.05, 3.63) is 58.6 Å². The number of aromatic hydroxyl groups is 1. The predicted molar refractivity (Wildman–Crippen MR) is 73.1 cm³/mol. The molecule has 0 aromatic heterocycles. The Morgan fingerprint density at radius 1 is 1.26 bits per heavy atom. The van der Waals surface area contributed by atoms with Gasteiger partial charge in [0, 0.05) is 5.69 Å². The number of anilines is 1. The summed E-state index contributed by atoms with van der Waals surface area (Å²) in [5.41, 5.74) is 6.94. The summed E-state index contributed by atoms with van der Waals surface area (Å²) in [6.07, 6.45) is 0. The quantitative estimate of drug-likeness (QED) is 0.668. The Hall–Kier alpha value is -2.20. The minimum absolute atomic E-state index is 0.0539. The van der Waals surface area contributed by atoms with Crippen LogP contribution in [0.3, 0.4) is 0 Å². The van der Waals surface area contributed by atoms with Crippen LogP contribution in [-0.4, -0.2) is 11.1 Å². The second-order valence-corrected chi connectivity index (χ2v) is 4.39. The molecule has 2 aromatic carbocycles. The van der Waals surface area contributed by atoms with E-state index in [0.717, 1.165) is 0 Å². The third-order valence-electron chi connectivity index (χ3n) is 2.49. The maximum Gasteiger partial charge on any atom is 0.340 e. The maximum atomic E-state index is 11.9. The lowest BCUT2D eigenvalue weighted by atomic mass is 10.2. The summed E-state index contributed by atoms with van der Waals surface area (Å²) in [6.45, 7) is 0.0539. The largest absolute Gasteiger partial charge is 0.508 e. The van der Waals surface area contributed by atoms with Gasteiger partial charge in [0.25, 0.3) is 0 Å². The number of esters is 1. The van der Waals surface area contributed by atoms with Gasteiger partial charge in [0.15, 0.2) is 0 Å². The van der Waals surface area contributed by atoms with Crippen molar-refractivity contribution in [2.24, 2.45) is 0 Å². The number of halogens is 1. The van der Waals surface area contributed by atoms with Crippen molar-refractivity contribution in [2.45, 2.75) is 6.61 Å². The van der Waals surface area contributed by atoms with E-state index in [-0.39, 0.29) is 22.9 Å². The normalized spacial score (nSPS) is 10.2. The Morgan fingerprint density at radius 2 is 2.05 bits per heavy atom. The smallest absolute Gasteiger partial charge is 0.340 e. The molecular formula is C14H12ClNO3. The summed E-state index contributed by atoms with van der Waals surface area (Å²) in [6, 6.07) is 11.1. The molecule has 0 aliphatic carbocycles. The van der Waals surface area contributed by atoms with Gasteiger partial charge in [-0.2, -0.15) is 0 Å². The number of nitrogens with two attached hydrogens (primary N) is 1. The van der Waals surface area contributed by atoms with Crippen LogP contribution in [0.25, 0.3) is 0 Å². The summed E-state index contributed by atoms with van der Waals surface area (Å²) >= 11 is 5.90. The summed E-state index contributed by atoms with van der Waals surface area (Å²) in [5, 5.41) is 9.58. The van der Waals surface area contributed by atoms with Crippen molar-refractivity contribution in [3.63, 3.8) is 0 Å². The fourth-order valence-electron chi connectivity index (χ4n) is 1.57. The molecule has 0 saturated carbocycles. The van der Waals surface area contributed by atoms with Crippen LogP contribution >= 0.6 is 11.6 Å². The first-order valence-corrected chi connectivity index (χ1v) is 5.94. The number of phenolic OH excluding ortho intramolecular Hbond substituents is 1. The van der Waals surface area contributed by atoms with Crippen LogP contribution in [0.4, 0.5) is 5.69 Å². The van der Waals surface area contributed by atoms with E-state index in [1.807, 2.05) is 0 Å². The van der Waals surface area contributed by atoms with E-state index in [2.05, 4.69) is 0 Å². The Morgan fingerprint density at radius 3 is 2.79 bits per heavy atom. The van der Waals surface area contributed by atoms with Gasteiger partial charge in [-0.3, -0.25) is 0 Å². The van der Waals surface area contributed by atoms with Crippen LogP contribution in [0.1, 0.15) is 15.9 Å². The molecule has 0 unspecified atom stereocenters. The fourth-order valence-corrected chi connectivity index (χ4v) is 1.77. The van der Waals surface area contributed by atoms with E-state index in [4.69, 9.17) is 22.1 Å². The van der Waals surface area contributed by atoms with Gasteiger partial charge in [-0.05, 0) is 35.9 Å². The van der Waals surface area contributed by atoms with Gasteiger partial charge in [-0.1, -0.05) is 23.7 Å². The zero-order chi connectivity index (χ0) is 13.8. The molecule has 98 valence electrons. The number of carbonyl (C=O) groups is 1. The molecule has 4 nitrogen and oxygen atoms in total. The number of hydrogen-bond acceptors (Lipinski definition) is 4. The van der Waals surface area contributed by atoms with Gasteiger partial charge in [0.1, 0.15) is 12.4 Å². The average molecular weight is 278 g/mol. The Labute approximate surface area is 115 Å². The van der Waals surface area contributed by atoms with Gasteiger partial charge >= 0.3 is 5.97 Å². The molecule has 0 radical (unpaired) electrons. The summed E-state index contributed by atoms with van der Waals surface area (Å²) < 4.78 is 5.11. The Balaban J connectivity index is 2.07. The van der Waals surface area contributed by atoms with Crippen LogP contribution in [0.5, 0.6) is 5.75 Å². The standard InChI is InChI=1S/C14H12ClNO3/c15-13-5-4-10(16)7-12(13)14(18)19-8-9-2-1-3-11(17)6-9/h1-7,17H,8,16H2. The summed E-state index contributed by atoms with van der Waals surface area (Å²) in [4.78, 5) is 11.9. The zero-order valence-electron chi connectivity index (χ0n) is 9.97.